The number of nitrogens with two attached hydrogens (primary N) is 1. The first-order chi connectivity index (χ1) is 8.73. The lowest BCUT2D eigenvalue weighted by atomic mass is 10.1. The van der Waals surface area contributed by atoms with E-state index in [0.717, 1.165) is 12.0 Å². The molecule has 4 nitrogen and oxygen atoms in total. The van der Waals surface area contributed by atoms with Gasteiger partial charge in [0, 0.05) is 18.3 Å². The van der Waals surface area contributed by atoms with Crippen LogP contribution in [-0.2, 0) is 10.0 Å². The summed E-state index contributed by atoms with van der Waals surface area (Å²) >= 11 is 6.09. The summed E-state index contributed by atoms with van der Waals surface area (Å²) in [5.74, 6) is 0.367. The number of nitrogen functional groups attached to an aromatic ring is 1. The highest BCUT2D eigenvalue weighted by atomic mass is 35.5. The molecule has 0 spiro atoms. The maximum absolute atomic E-state index is 12.7. The number of hydrogen-bond acceptors (Lipinski definition) is 3. The van der Waals surface area contributed by atoms with Crippen molar-refractivity contribution in [2.75, 3.05) is 12.3 Å². The van der Waals surface area contributed by atoms with Crippen molar-refractivity contribution < 1.29 is 8.42 Å². The second-order valence-corrected chi connectivity index (χ2v) is 7.67. The van der Waals surface area contributed by atoms with Crippen molar-refractivity contribution >= 4 is 27.3 Å². The van der Waals surface area contributed by atoms with Gasteiger partial charge in [-0.25, -0.2) is 8.42 Å². The van der Waals surface area contributed by atoms with E-state index in [9.17, 15) is 8.42 Å². The smallest absolute Gasteiger partial charge is 0.244 e. The van der Waals surface area contributed by atoms with E-state index in [-0.39, 0.29) is 16.0 Å². The summed E-state index contributed by atoms with van der Waals surface area (Å²) in [5.41, 5.74) is 7.04. The SMILES string of the molecule is Cc1cc(Cl)c(S(=O)(=O)N2CC(C)CC2C)cc1N. The monoisotopic (exact) mass is 302 g/mol. The number of sulfonamides is 1. The van der Waals surface area contributed by atoms with Crippen LogP contribution in [0.2, 0.25) is 5.02 Å². The fourth-order valence-electron chi connectivity index (χ4n) is 2.59. The number of aryl methyl sites for hydroxylation is 1. The van der Waals surface area contributed by atoms with Crippen LogP contribution >= 0.6 is 11.6 Å². The van der Waals surface area contributed by atoms with Crippen LogP contribution in [0.25, 0.3) is 0 Å². The maximum atomic E-state index is 12.7. The Morgan fingerprint density at radius 3 is 2.53 bits per heavy atom. The van der Waals surface area contributed by atoms with Gasteiger partial charge in [0.1, 0.15) is 4.90 Å². The lowest BCUT2D eigenvalue weighted by molar-refractivity contribution is 0.405. The molecule has 1 heterocycles. The van der Waals surface area contributed by atoms with Crippen molar-refractivity contribution in [3.05, 3.63) is 22.7 Å². The highest BCUT2D eigenvalue weighted by Gasteiger charge is 2.37. The minimum absolute atomic E-state index is 0.00130. The predicted octanol–water partition coefficient (Wildman–Crippen LogP) is 2.65. The number of halogens is 1. The molecule has 0 bridgehead atoms. The molecule has 106 valence electrons. The molecule has 0 aliphatic carbocycles. The molecule has 1 saturated heterocycles. The minimum atomic E-state index is -3.57. The predicted molar refractivity (Wildman–Crippen MR) is 77.7 cm³/mol. The molecule has 0 saturated carbocycles. The minimum Gasteiger partial charge on any atom is -0.398 e. The number of benzene rings is 1. The fourth-order valence-corrected chi connectivity index (χ4v) is 4.94. The zero-order chi connectivity index (χ0) is 14.4. The standard InChI is InChI=1S/C13H19ClN2O2S/c1-8-4-10(3)16(7-8)19(17,18)13-6-12(15)9(2)5-11(13)14/h5-6,8,10H,4,7,15H2,1-3H3. The van der Waals surface area contributed by atoms with E-state index < -0.39 is 10.0 Å². The molecule has 0 radical (unpaired) electrons. The Labute approximate surface area is 119 Å². The van der Waals surface area contributed by atoms with Crippen LogP contribution in [0.15, 0.2) is 17.0 Å². The van der Waals surface area contributed by atoms with Crippen molar-refractivity contribution in [2.45, 2.75) is 38.1 Å². The zero-order valence-corrected chi connectivity index (χ0v) is 12.9. The average Bonchev–Trinajstić information content (AvgIpc) is 2.63. The van der Waals surface area contributed by atoms with E-state index >= 15 is 0 Å². The van der Waals surface area contributed by atoms with E-state index in [1.807, 2.05) is 6.92 Å². The van der Waals surface area contributed by atoms with Crippen molar-refractivity contribution in [3.63, 3.8) is 0 Å². The van der Waals surface area contributed by atoms with Crippen molar-refractivity contribution in [3.8, 4) is 0 Å². The highest BCUT2D eigenvalue weighted by molar-refractivity contribution is 7.89. The Hall–Kier alpha value is -0.780. The lowest BCUT2D eigenvalue weighted by Crippen LogP contribution is -2.34. The summed E-state index contributed by atoms with van der Waals surface area (Å²) in [6, 6.07) is 3.06. The average molecular weight is 303 g/mol. The Morgan fingerprint density at radius 1 is 1.37 bits per heavy atom. The van der Waals surface area contributed by atoms with E-state index in [0.29, 0.717) is 18.2 Å². The lowest BCUT2D eigenvalue weighted by Gasteiger charge is -2.22. The molecular formula is C13H19ClN2O2S. The first-order valence-corrected chi connectivity index (χ1v) is 8.12. The van der Waals surface area contributed by atoms with Crippen LogP contribution in [0.5, 0.6) is 0 Å². The Morgan fingerprint density at radius 2 is 2.00 bits per heavy atom. The molecule has 1 aliphatic rings. The summed E-state index contributed by atoms with van der Waals surface area (Å²) in [7, 11) is -3.57. The molecule has 0 aromatic heterocycles. The molecular weight excluding hydrogens is 284 g/mol. The molecule has 1 aliphatic heterocycles. The first kappa shape index (κ1) is 14.6. The molecule has 1 aromatic rings. The highest BCUT2D eigenvalue weighted by Crippen LogP contribution is 2.34. The summed E-state index contributed by atoms with van der Waals surface area (Å²) in [6.45, 7) is 6.31. The first-order valence-electron chi connectivity index (χ1n) is 6.31. The zero-order valence-electron chi connectivity index (χ0n) is 11.4. The third-order valence-corrected chi connectivity index (χ3v) is 6.08. The van der Waals surface area contributed by atoms with E-state index in [1.165, 1.54) is 10.4 Å². The van der Waals surface area contributed by atoms with Gasteiger partial charge in [0.25, 0.3) is 0 Å². The van der Waals surface area contributed by atoms with Crippen LogP contribution in [-0.4, -0.2) is 25.3 Å². The molecule has 2 N–H and O–H groups in total. The van der Waals surface area contributed by atoms with Gasteiger partial charge in [-0.3, -0.25) is 0 Å². The Balaban J connectivity index is 2.49. The normalized spacial score (nSPS) is 24.8. The van der Waals surface area contributed by atoms with Gasteiger partial charge in [0.05, 0.1) is 5.02 Å². The number of hydrogen-bond donors (Lipinski definition) is 1. The largest absolute Gasteiger partial charge is 0.398 e. The number of rotatable bonds is 2. The summed E-state index contributed by atoms with van der Waals surface area (Å²) in [4.78, 5) is 0.109. The molecule has 6 heteroatoms. The van der Waals surface area contributed by atoms with E-state index in [4.69, 9.17) is 17.3 Å². The molecule has 1 fully saturated rings. The quantitative estimate of drug-likeness (QED) is 0.854. The number of nitrogens with zero attached hydrogens (tertiary/aromatic N) is 1. The van der Waals surface area contributed by atoms with Gasteiger partial charge in [0.2, 0.25) is 10.0 Å². The van der Waals surface area contributed by atoms with Crippen LogP contribution in [0.4, 0.5) is 5.69 Å². The van der Waals surface area contributed by atoms with Crippen molar-refractivity contribution in [2.24, 2.45) is 5.92 Å². The molecule has 2 atom stereocenters. The summed E-state index contributed by atoms with van der Waals surface area (Å²) in [6.07, 6.45) is 0.873. The summed E-state index contributed by atoms with van der Waals surface area (Å²) < 4.78 is 26.8. The van der Waals surface area contributed by atoms with Crippen molar-refractivity contribution in [1.29, 1.82) is 0 Å². The van der Waals surface area contributed by atoms with Crippen molar-refractivity contribution in [1.82, 2.24) is 4.31 Å². The fraction of sp³-hybridized carbons (Fsp3) is 0.538. The van der Waals surface area contributed by atoms with Gasteiger partial charge in [-0.1, -0.05) is 18.5 Å². The molecule has 1 aromatic carbocycles. The van der Waals surface area contributed by atoms with Crippen LogP contribution in [0.1, 0.15) is 25.8 Å². The molecule has 19 heavy (non-hydrogen) atoms. The second-order valence-electron chi connectivity index (χ2n) is 5.40. The maximum Gasteiger partial charge on any atom is 0.244 e. The van der Waals surface area contributed by atoms with E-state index in [2.05, 4.69) is 6.92 Å². The molecule has 2 rings (SSSR count). The van der Waals surface area contributed by atoms with Crippen LogP contribution in [0.3, 0.4) is 0 Å². The second kappa shape index (κ2) is 4.96. The Bertz CT molecular complexity index is 601. The van der Waals surface area contributed by atoms with E-state index in [1.54, 1.807) is 13.0 Å². The van der Waals surface area contributed by atoms with Gasteiger partial charge >= 0.3 is 0 Å². The third-order valence-electron chi connectivity index (χ3n) is 3.63. The van der Waals surface area contributed by atoms with Crippen LogP contribution in [0, 0.1) is 12.8 Å². The summed E-state index contributed by atoms with van der Waals surface area (Å²) in [5, 5.41) is 0.235. The topological polar surface area (TPSA) is 63.4 Å². The molecule has 2 unspecified atom stereocenters. The Kier molecular flexibility index (Phi) is 3.82. The van der Waals surface area contributed by atoms with Gasteiger partial charge < -0.3 is 5.73 Å². The van der Waals surface area contributed by atoms with Gasteiger partial charge in [-0.15, -0.1) is 0 Å². The molecule has 0 amide bonds. The third kappa shape index (κ3) is 2.59. The van der Waals surface area contributed by atoms with Gasteiger partial charge in [-0.2, -0.15) is 4.31 Å². The van der Waals surface area contributed by atoms with Gasteiger partial charge in [0.15, 0.2) is 0 Å². The number of anilines is 1. The van der Waals surface area contributed by atoms with Crippen LogP contribution < -0.4 is 5.73 Å². The van der Waals surface area contributed by atoms with Gasteiger partial charge in [-0.05, 0) is 43.9 Å².